The van der Waals surface area contributed by atoms with Crippen molar-refractivity contribution < 1.29 is 17.7 Å². The molecular weight excluding hydrogens is 308 g/mol. The summed E-state index contributed by atoms with van der Waals surface area (Å²) >= 11 is 0. The second-order valence-electron chi connectivity index (χ2n) is 5.64. The van der Waals surface area contributed by atoms with E-state index in [0.717, 1.165) is 10.9 Å². The van der Waals surface area contributed by atoms with Crippen molar-refractivity contribution in [1.29, 1.82) is 0 Å². The van der Waals surface area contributed by atoms with Gasteiger partial charge in [0, 0.05) is 0 Å². The number of fused-ring (bicyclic) bond motifs is 2. The van der Waals surface area contributed by atoms with E-state index in [9.17, 15) is 0 Å². The van der Waals surface area contributed by atoms with Gasteiger partial charge in [0.25, 0.3) is 0 Å². The summed E-state index contributed by atoms with van der Waals surface area (Å²) in [5, 5.41) is 0.833. The Bertz CT molecular complexity index is 797. The molecule has 4 nitrogen and oxygen atoms in total. The third kappa shape index (κ3) is 1.59. The van der Waals surface area contributed by atoms with Crippen LogP contribution in [-0.4, -0.2) is 12.8 Å². The van der Waals surface area contributed by atoms with Crippen LogP contribution in [0.3, 0.4) is 0 Å². The maximum atomic E-state index is 6.35. The molecule has 23 heavy (non-hydrogen) atoms. The van der Waals surface area contributed by atoms with Gasteiger partial charge in [-0.1, -0.05) is 0 Å². The van der Waals surface area contributed by atoms with Crippen LogP contribution in [0.1, 0.15) is 0 Å². The van der Waals surface area contributed by atoms with E-state index in [2.05, 4.69) is 0 Å². The van der Waals surface area contributed by atoms with Crippen LogP contribution in [0.5, 0.6) is 23.0 Å². The van der Waals surface area contributed by atoms with Gasteiger partial charge >= 0.3 is 133 Å². The zero-order chi connectivity index (χ0) is 15.4. The van der Waals surface area contributed by atoms with Gasteiger partial charge in [-0.25, -0.2) is 0 Å². The van der Waals surface area contributed by atoms with Crippen LogP contribution in [0.15, 0.2) is 78.9 Å². The van der Waals surface area contributed by atoms with Gasteiger partial charge < -0.3 is 0 Å². The Morgan fingerprint density at radius 2 is 1.09 bits per heavy atom. The molecule has 0 saturated heterocycles. The molecule has 5 heteroatoms. The molecular formula is C18H14O4Si. The molecule has 0 saturated carbocycles. The van der Waals surface area contributed by atoms with Gasteiger partial charge in [-0.15, -0.1) is 0 Å². The van der Waals surface area contributed by atoms with E-state index in [0.29, 0.717) is 17.2 Å². The summed E-state index contributed by atoms with van der Waals surface area (Å²) in [6.45, 7) is 0. The Labute approximate surface area is 133 Å². The van der Waals surface area contributed by atoms with Crippen LogP contribution < -0.4 is 18.5 Å². The molecule has 3 aromatic rings. The van der Waals surface area contributed by atoms with Gasteiger partial charge in [-0.05, 0) is 0 Å². The van der Waals surface area contributed by atoms with Crippen LogP contribution >= 0.6 is 0 Å². The van der Waals surface area contributed by atoms with Crippen molar-refractivity contribution in [3.8, 4) is 23.0 Å². The number of hydrogen-bond acceptors (Lipinski definition) is 3. The molecule has 0 unspecified atom stereocenters. The fourth-order valence-electron chi connectivity index (χ4n) is 3.13. The summed E-state index contributed by atoms with van der Waals surface area (Å²) in [4.78, 5) is 0. The summed E-state index contributed by atoms with van der Waals surface area (Å²) in [6.07, 6.45) is 0. The fourth-order valence-corrected chi connectivity index (χ4v) is 6.90. The predicted octanol–water partition coefficient (Wildman–Crippen LogP) is 3.09. The van der Waals surface area contributed by atoms with E-state index in [4.69, 9.17) is 17.7 Å². The molecule has 2 aliphatic heterocycles. The third-order valence-corrected chi connectivity index (χ3v) is 7.82. The van der Waals surface area contributed by atoms with Crippen LogP contribution in [0.2, 0.25) is 0 Å². The third-order valence-electron chi connectivity index (χ3n) is 4.15. The van der Waals surface area contributed by atoms with Crippen molar-refractivity contribution in [2.24, 2.45) is 0 Å². The van der Waals surface area contributed by atoms with E-state index in [1.54, 1.807) is 0 Å². The Kier molecular flexibility index (Phi) is 2.24. The molecule has 0 atom stereocenters. The topological polar surface area (TPSA) is 40.5 Å². The Morgan fingerprint density at radius 3 is 1.74 bits per heavy atom. The summed E-state index contributed by atoms with van der Waals surface area (Å²) in [7, 11) is -4.19. The molecule has 114 valence electrons. The standard InChI is InChI=1S/C18H14O4Si/c1-2-8-14(9-3-1)23(19-15-10-4-5-11-16(15)20-23)21-17-12-6-7-13-18(17)22-23/h1-13,19H. The molecule has 2 heterocycles. The molecule has 1 N–H and O–H groups in total. The zero-order valence-electron chi connectivity index (χ0n) is 12.2. The van der Waals surface area contributed by atoms with Crippen molar-refractivity contribution in [3.05, 3.63) is 78.9 Å². The Morgan fingerprint density at radius 1 is 0.565 bits per heavy atom. The molecule has 2 aliphatic rings. The first-order valence-electron chi connectivity index (χ1n) is 7.49. The summed E-state index contributed by atoms with van der Waals surface area (Å²) in [5.41, 5.74) is 0. The molecule has 0 radical (unpaired) electrons. The summed E-state index contributed by atoms with van der Waals surface area (Å²) in [6, 6.07) is 25.0. The number of para-hydroxylation sites is 4. The quantitative estimate of drug-likeness (QED) is 0.511. The first-order valence-corrected chi connectivity index (χ1v) is 9.66. The maximum absolute atomic E-state index is 6.35. The van der Waals surface area contributed by atoms with Gasteiger partial charge in [-0.3, -0.25) is 0 Å². The summed E-state index contributed by atoms with van der Waals surface area (Å²) in [5.74, 6) is 2.79. The van der Waals surface area contributed by atoms with Crippen molar-refractivity contribution in [1.82, 2.24) is 0 Å². The van der Waals surface area contributed by atoms with E-state index >= 15 is 0 Å². The SMILES string of the molecule is c1ccc([Si-]23(Oc4ccccc4O2)Oc2ccccc2[OH+]3)cc1. The van der Waals surface area contributed by atoms with Gasteiger partial charge in [0.2, 0.25) is 0 Å². The zero-order valence-corrected chi connectivity index (χ0v) is 13.2. The van der Waals surface area contributed by atoms with Crippen molar-refractivity contribution in [3.63, 3.8) is 0 Å². The average Bonchev–Trinajstić information content (AvgIpc) is 3.11. The number of benzene rings is 3. The molecule has 0 aliphatic carbocycles. The minimum absolute atomic E-state index is 0.668. The Balaban J connectivity index is 1.75. The average molecular weight is 322 g/mol. The van der Waals surface area contributed by atoms with Crippen LogP contribution in [0.25, 0.3) is 0 Å². The van der Waals surface area contributed by atoms with E-state index in [1.807, 2.05) is 78.9 Å². The molecule has 5 rings (SSSR count). The Hall–Kier alpha value is -2.92. The molecule has 0 bridgehead atoms. The van der Waals surface area contributed by atoms with Gasteiger partial charge in [-0.2, -0.15) is 0 Å². The summed E-state index contributed by atoms with van der Waals surface area (Å²) < 4.78 is 23.9. The van der Waals surface area contributed by atoms with Crippen molar-refractivity contribution >= 4 is 13.5 Å². The fraction of sp³-hybridized carbons (Fsp3) is 0. The normalized spacial score (nSPS) is 19.9. The number of hydrogen-bond donors (Lipinski definition) is 0. The van der Waals surface area contributed by atoms with Crippen LogP contribution in [0.4, 0.5) is 0 Å². The molecule has 3 aromatic carbocycles. The molecule has 1 spiro atoms. The van der Waals surface area contributed by atoms with Crippen molar-refractivity contribution in [2.45, 2.75) is 0 Å². The monoisotopic (exact) mass is 322 g/mol. The second-order valence-corrected chi connectivity index (χ2v) is 8.94. The second kappa shape index (κ2) is 4.08. The number of rotatable bonds is 1. The molecule has 0 amide bonds. The first kappa shape index (κ1) is 12.6. The van der Waals surface area contributed by atoms with Gasteiger partial charge in [0.1, 0.15) is 0 Å². The molecule has 0 aromatic heterocycles. The number of aromatic hydroxyl groups is 1. The van der Waals surface area contributed by atoms with E-state index in [1.165, 1.54) is 0 Å². The van der Waals surface area contributed by atoms with E-state index in [-0.39, 0.29) is 0 Å². The molecule has 0 fully saturated rings. The minimum atomic E-state index is -4.19. The predicted molar refractivity (Wildman–Crippen MR) is 88.3 cm³/mol. The van der Waals surface area contributed by atoms with Crippen molar-refractivity contribution in [2.75, 3.05) is 0 Å². The van der Waals surface area contributed by atoms with Crippen LogP contribution in [0, 0.1) is 0 Å². The van der Waals surface area contributed by atoms with Gasteiger partial charge in [0.05, 0.1) is 0 Å². The van der Waals surface area contributed by atoms with Gasteiger partial charge in [0.15, 0.2) is 0 Å². The first-order chi connectivity index (χ1) is 11.3. The van der Waals surface area contributed by atoms with E-state index < -0.39 is 8.33 Å². The van der Waals surface area contributed by atoms with Crippen LogP contribution in [-0.2, 0) is 0 Å².